The van der Waals surface area contributed by atoms with E-state index in [4.69, 9.17) is 0 Å². The zero-order chi connectivity index (χ0) is 14.0. The summed E-state index contributed by atoms with van der Waals surface area (Å²) >= 11 is 4.95. The quantitative estimate of drug-likeness (QED) is 0.769. The average Bonchev–Trinajstić information content (AvgIpc) is 2.75. The van der Waals surface area contributed by atoms with Gasteiger partial charge in [0, 0.05) is 22.2 Å². The van der Waals surface area contributed by atoms with Gasteiger partial charge < -0.3 is 5.11 Å². The van der Waals surface area contributed by atoms with Crippen LogP contribution in [0.1, 0.15) is 50.0 Å². The lowest BCUT2D eigenvalue weighted by atomic mass is 9.77. The Morgan fingerprint density at radius 1 is 1.47 bits per heavy atom. The number of rotatable bonds is 4. The van der Waals surface area contributed by atoms with Crippen LogP contribution in [0.15, 0.2) is 15.9 Å². The molecule has 1 N–H and O–H groups in total. The van der Waals surface area contributed by atoms with E-state index in [0.29, 0.717) is 25.2 Å². The maximum Gasteiger partial charge on any atom is 0.248 e. The van der Waals surface area contributed by atoms with Gasteiger partial charge >= 0.3 is 0 Å². The predicted molar refractivity (Wildman–Crippen MR) is 77.7 cm³/mol. The van der Waals surface area contributed by atoms with Crippen molar-refractivity contribution in [2.45, 2.75) is 51.1 Å². The smallest absolute Gasteiger partial charge is 0.248 e. The van der Waals surface area contributed by atoms with E-state index < -0.39 is 12.0 Å². The van der Waals surface area contributed by atoms with Gasteiger partial charge in [-0.1, -0.05) is 6.92 Å². The van der Waals surface area contributed by atoms with Crippen molar-refractivity contribution in [1.29, 1.82) is 0 Å². The highest BCUT2D eigenvalue weighted by Gasteiger charge is 2.37. The summed E-state index contributed by atoms with van der Waals surface area (Å²) in [5.41, 5.74) is 0. The zero-order valence-corrected chi connectivity index (χ0v) is 13.3. The average molecular weight is 353 g/mol. The molecule has 1 saturated carbocycles. The summed E-state index contributed by atoms with van der Waals surface area (Å²) in [4.78, 5) is 0.938. The second kappa shape index (κ2) is 6.19. The summed E-state index contributed by atoms with van der Waals surface area (Å²) in [5, 5.41) is 12.2. The summed E-state index contributed by atoms with van der Waals surface area (Å²) < 4.78 is 27.2. The SMILES string of the molecule is C[C@@H](CC(O)c1sccc1Br)C1CCC(F)(F)CC1. The Morgan fingerprint density at radius 2 is 2.11 bits per heavy atom. The molecule has 1 aromatic heterocycles. The van der Waals surface area contributed by atoms with Crippen LogP contribution in [0.5, 0.6) is 0 Å². The third-order valence-corrected chi connectivity index (χ3v) is 6.08. The fourth-order valence-corrected chi connectivity index (χ4v) is 4.46. The van der Waals surface area contributed by atoms with E-state index in [-0.39, 0.29) is 18.8 Å². The molecule has 0 spiro atoms. The van der Waals surface area contributed by atoms with E-state index in [0.717, 1.165) is 9.35 Å². The summed E-state index contributed by atoms with van der Waals surface area (Å²) in [6.07, 6.45) is 1.31. The summed E-state index contributed by atoms with van der Waals surface area (Å²) in [6.45, 7) is 2.07. The van der Waals surface area contributed by atoms with Gasteiger partial charge in [-0.3, -0.25) is 0 Å². The number of aliphatic hydroxyl groups excluding tert-OH is 1. The van der Waals surface area contributed by atoms with Crippen molar-refractivity contribution in [3.63, 3.8) is 0 Å². The highest BCUT2D eigenvalue weighted by atomic mass is 79.9. The molecule has 2 atom stereocenters. The minimum absolute atomic E-state index is 0.000792. The van der Waals surface area contributed by atoms with Gasteiger partial charge in [-0.15, -0.1) is 11.3 Å². The van der Waals surface area contributed by atoms with E-state index >= 15 is 0 Å². The highest BCUT2D eigenvalue weighted by molar-refractivity contribution is 9.10. The van der Waals surface area contributed by atoms with Crippen molar-refractivity contribution in [2.75, 3.05) is 0 Å². The maximum atomic E-state index is 13.1. The third kappa shape index (κ3) is 3.99. The lowest BCUT2D eigenvalue weighted by molar-refractivity contribution is -0.0535. The zero-order valence-electron chi connectivity index (χ0n) is 10.9. The van der Waals surface area contributed by atoms with Crippen LogP contribution in [0.25, 0.3) is 0 Å². The lowest BCUT2D eigenvalue weighted by Gasteiger charge is -2.32. The fourth-order valence-electron chi connectivity index (χ4n) is 2.83. The molecule has 0 amide bonds. The minimum Gasteiger partial charge on any atom is -0.388 e. The van der Waals surface area contributed by atoms with Crippen molar-refractivity contribution < 1.29 is 13.9 Å². The molecule has 5 heteroatoms. The van der Waals surface area contributed by atoms with E-state index in [1.807, 2.05) is 11.4 Å². The molecule has 0 aromatic carbocycles. The first-order valence-electron chi connectivity index (χ1n) is 6.68. The van der Waals surface area contributed by atoms with Crippen LogP contribution in [-0.2, 0) is 0 Å². The number of halogens is 3. The van der Waals surface area contributed by atoms with Gasteiger partial charge in [-0.2, -0.15) is 0 Å². The molecular weight excluding hydrogens is 334 g/mol. The maximum absolute atomic E-state index is 13.1. The molecule has 1 heterocycles. The molecule has 2 rings (SSSR count). The molecule has 1 aliphatic carbocycles. The molecule has 108 valence electrons. The Hall–Kier alpha value is -0.0000000000000000555. The minimum atomic E-state index is -2.47. The molecule has 0 radical (unpaired) electrons. The molecular formula is C14H19BrF2OS. The molecule has 1 unspecified atom stereocenters. The Labute approximate surface area is 125 Å². The molecule has 0 aliphatic heterocycles. The Morgan fingerprint density at radius 3 is 2.63 bits per heavy atom. The van der Waals surface area contributed by atoms with Crippen LogP contribution < -0.4 is 0 Å². The first kappa shape index (κ1) is 15.4. The first-order chi connectivity index (χ1) is 8.89. The van der Waals surface area contributed by atoms with Crippen molar-refractivity contribution in [3.05, 3.63) is 20.8 Å². The van der Waals surface area contributed by atoms with Gasteiger partial charge in [0.05, 0.1) is 6.10 Å². The van der Waals surface area contributed by atoms with Crippen molar-refractivity contribution in [1.82, 2.24) is 0 Å². The number of hydrogen-bond donors (Lipinski definition) is 1. The Kier molecular flexibility index (Phi) is 5.01. The standard InChI is InChI=1S/C14H19BrF2OS/c1-9(10-2-5-14(16,17)6-3-10)8-12(18)13-11(15)4-7-19-13/h4,7,9-10,12,18H,2-3,5-6,8H2,1H3/t9-,12?/m0/s1. The van der Waals surface area contributed by atoms with Gasteiger partial charge in [0.1, 0.15) is 0 Å². The Balaban J connectivity index is 1.88. The topological polar surface area (TPSA) is 20.2 Å². The van der Waals surface area contributed by atoms with Gasteiger partial charge in [0.25, 0.3) is 0 Å². The van der Waals surface area contributed by atoms with Gasteiger partial charge in [0.15, 0.2) is 0 Å². The molecule has 1 aliphatic rings. The Bertz CT molecular complexity index is 411. The van der Waals surface area contributed by atoms with Crippen molar-refractivity contribution >= 4 is 27.3 Å². The predicted octanol–water partition coefficient (Wildman–Crippen LogP) is 5.40. The largest absolute Gasteiger partial charge is 0.388 e. The summed E-state index contributed by atoms with van der Waals surface area (Å²) in [5.74, 6) is -1.88. The van der Waals surface area contributed by atoms with Crippen LogP contribution >= 0.6 is 27.3 Å². The number of hydrogen-bond acceptors (Lipinski definition) is 2. The monoisotopic (exact) mass is 352 g/mol. The second-order valence-electron chi connectivity index (χ2n) is 5.55. The highest BCUT2D eigenvalue weighted by Crippen LogP contribution is 2.42. The van der Waals surface area contributed by atoms with E-state index in [2.05, 4.69) is 22.9 Å². The summed E-state index contributed by atoms with van der Waals surface area (Å²) in [7, 11) is 0. The van der Waals surface area contributed by atoms with Crippen LogP contribution in [0, 0.1) is 11.8 Å². The van der Waals surface area contributed by atoms with Crippen molar-refractivity contribution in [3.8, 4) is 0 Å². The van der Waals surface area contributed by atoms with Crippen LogP contribution in [0.4, 0.5) is 8.78 Å². The van der Waals surface area contributed by atoms with E-state index in [1.165, 1.54) is 11.3 Å². The fraction of sp³-hybridized carbons (Fsp3) is 0.714. The van der Waals surface area contributed by atoms with E-state index in [1.54, 1.807) is 0 Å². The molecule has 19 heavy (non-hydrogen) atoms. The third-order valence-electron chi connectivity index (χ3n) is 4.11. The van der Waals surface area contributed by atoms with Crippen molar-refractivity contribution in [2.24, 2.45) is 11.8 Å². The van der Waals surface area contributed by atoms with Gasteiger partial charge in [0.2, 0.25) is 5.92 Å². The lowest BCUT2D eigenvalue weighted by Crippen LogP contribution is -2.28. The molecule has 1 fully saturated rings. The second-order valence-corrected chi connectivity index (χ2v) is 7.36. The number of thiophene rings is 1. The molecule has 0 saturated heterocycles. The normalized spacial score (nSPS) is 23.2. The van der Waals surface area contributed by atoms with Crippen LogP contribution in [0.2, 0.25) is 0 Å². The molecule has 1 aromatic rings. The van der Waals surface area contributed by atoms with Gasteiger partial charge in [-0.25, -0.2) is 8.78 Å². The van der Waals surface area contributed by atoms with Crippen LogP contribution in [-0.4, -0.2) is 11.0 Å². The van der Waals surface area contributed by atoms with E-state index in [9.17, 15) is 13.9 Å². The number of alkyl halides is 2. The first-order valence-corrected chi connectivity index (χ1v) is 8.35. The van der Waals surface area contributed by atoms with Gasteiger partial charge in [-0.05, 0) is 58.5 Å². The van der Waals surface area contributed by atoms with Crippen LogP contribution in [0.3, 0.4) is 0 Å². The molecule has 1 nitrogen and oxygen atoms in total. The molecule has 0 bridgehead atoms. The number of aliphatic hydroxyl groups is 1. The summed E-state index contributed by atoms with van der Waals surface area (Å²) in [6, 6.07) is 1.93.